The molecule has 0 bridgehead atoms. The average molecular weight is 335 g/mol. The lowest BCUT2D eigenvalue weighted by molar-refractivity contribution is 0.0594. The number of ether oxygens (including phenoxy) is 2. The highest BCUT2D eigenvalue weighted by atomic mass is 79.9. The Balaban J connectivity index is 2.49. The van der Waals surface area contributed by atoms with Gasteiger partial charge in [0.05, 0.1) is 12.8 Å². The van der Waals surface area contributed by atoms with E-state index >= 15 is 0 Å². The molecule has 0 spiro atoms. The number of nitrogens with zero attached hydrogens (tertiary/aromatic N) is 1. The molecule has 1 heterocycles. The molecule has 0 fully saturated rings. The Morgan fingerprint density at radius 2 is 2.22 bits per heavy atom. The summed E-state index contributed by atoms with van der Waals surface area (Å²) in [6, 6.07) is 2.72. The number of carbonyl (C=O) groups excluding carboxylic acids is 1. The summed E-state index contributed by atoms with van der Waals surface area (Å²) in [6.45, 7) is 7.58. The van der Waals surface area contributed by atoms with E-state index in [9.17, 15) is 4.79 Å². The molecule has 0 aliphatic heterocycles. The molecule has 1 atom stereocenters. The molecule has 0 aliphatic rings. The second kappa shape index (κ2) is 6.49. The van der Waals surface area contributed by atoms with Crippen LogP contribution in [0.15, 0.2) is 6.07 Å². The molecular formula is C11H19BrN2O3Si. The van der Waals surface area contributed by atoms with Crippen molar-refractivity contribution >= 4 is 30.0 Å². The van der Waals surface area contributed by atoms with E-state index in [-0.39, 0.29) is 10.7 Å². The van der Waals surface area contributed by atoms with Crippen LogP contribution in [-0.2, 0) is 9.47 Å². The van der Waals surface area contributed by atoms with Crippen LogP contribution in [0.2, 0.25) is 25.7 Å². The Bertz CT molecular complexity index is 403. The van der Waals surface area contributed by atoms with Gasteiger partial charge >= 0.3 is 5.97 Å². The van der Waals surface area contributed by atoms with Crippen molar-refractivity contribution in [2.24, 2.45) is 0 Å². The maximum Gasteiger partial charge on any atom is 0.358 e. The van der Waals surface area contributed by atoms with Crippen LogP contribution >= 0.6 is 15.9 Å². The van der Waals surface area contributed by atoms with Gasteiger partial charge in [0.25, 0.3) is 0 Å². The number of hydrogen-bond donors (Lipinski definition) is 1. The van der Waals surface area contributed by atoms with Crippen molar-refractivity contribution < 1.29 is 14.3 Å². The third-order valence-electron chi connectivity index (χ3n) is 2.35. The molecule has 0 saturated carbocycles. The van der Waals surface area contributed by atoms with Crippen molar-refractivity contribution in [2.75, 3.05) is 13.7 Å². The van der Waals surface area contributed by atoms with Crippen molar-refractivity contribution in [3.05, 3.63) is 17.5 Å². The summed E-state index contributed by atoms with van der Waals surface area (Å²) < 4.78 is 10.2. The Morgan fingerprint density at radius 3 is 2.78 bits per heavy atom. The number of H-pyrrole nitrogens is 1. The SMILES string of the molecule is COC(=O)c1cc(C(Br)OCC[Si](C)(C)C)[nH]n1. The summed E-state index contributed by atoms with van der Waals surface area (Å²) in [5, 5.41) is 6.34. The number of hydrogen-bond acceptors (Lipinski definition) is 4. The third kappa shape index (κ3) is 4.91. The van der Waals surface area contributed by atoms with Gasteiger partial charge in [0.1, 0.15) is 0 Å². The van der Waals surface area contributed by atoms with E-state index in [1.54, 1.807) is 6.07 Å². The minimum atomic E-state index is -1.09. The van der Waals surface area contributed by atoms with Crippen molar-refractivity contribution in [2.45, 2.75) is 30.7 Å². The maximum absolute atomic E-state index is 11.2. The summed E-state index contributed by atoms with van der Waals surface area (Å²) in [6.07, 6.45) is 0. The van der Waals surface area contributed by atoms with Gasteiger partial charge in [-0.15, -0.1) is 0 Å². The summed E-state index contributed by atoms with van der Waals surface area (Å²) >= 11 is 3.41. The molecule has 5 nitrogen and oxygen atoms in total. The monoisotopic (exact) mass is 334 g/mol. The Morgan fingerprint density at radius 1 is 1.56 bits per heavy atom. The molecule has 0 amide bonds. The lowest BCUT2D eigenvalue weighted by Gasteiger charge is -2.17. The van der Waals surface area contributed by atoms with Gasteiger partial charge in [0.2, 0.25) is 0 Å². The van der Waals surface area contributed by atoms with Crippen molar-refractivity contribution in [3.8, 4) is 0 Å². The molecule has 1 aromatic rings. The number of esters is 1. The molecule has 0 saturated heterocycles. The zero-order valence-corrected chi connectivity index (χ0v) is 13.7. The summed E-state index contributed by atoms with van der Waals surface area (Å²) in [5.74, 6) is -0.459. The number of aromatic amines is 1. The van der Waals surface area contributed by atoms with Gasteiger partial charge in [0.15, 0.2) is 10.7 Å². The van der Waals surface area contributed by atoms with Crippen LogP contribution in [0, 0.1) is 0 Å². The second-order valence-corrected chi connectivity index (χ2v) is 11.7. The predicted octanol–water partition coefficient (Wildman–Crippen LogP) is 2.94. The number of rotatable bonds is 6. The molecule has 7 heteroatoms. The molecule has 102 valence electrons. The summed E-state index contributed by atoms with van der Waals surface area (Å²) in [5.41, 5.74) is 0.969. The zero-order valence-electron chi connectivity index (χ0n) is 11.1. The Kier molecular flexibility index (Phi) is 5.55. The van der Waals surface area contributed by atoms with E-state index < -0.39 is 14.0 Å². The standard InChI is InChI=1S/C11H19BrN2O3Si/c1-16-11(15)9-7-8(13-14-9)10(12)17-5-6-18(2,3)4/h7,10H,5-6H2,1-4H3,(H,13,14). The second-order valence-electron chi connectivity index (χ2n) is 5.20. The van der Waals surface area contributed by atoms with Crippen LogP contribution in [0.25, 0.3) is 0 Å². The summed E-state index contributed by atoms with van der Waals surface area (Å²) in [4.78, 5) is 11.2. The molecule has 0 radical (unpaired) electrons. The molecule has 1 unspecified atom stereocenters. The lowest BCUT2D eigenvalue weighted by atomic mass is 10.3. The molecule has 18 heavy (non-hydrogen) atoms. The fraction of sp³-hybridized carbons (Fsp3) is 0.636. The fourth-order valence-electron chi connectivity index (χ4n) is 1.22. The van der Waals surface area contributed by atoms with Crippen LogP contribution in [0.1, 0.15) is 21.2 Å². The van der Waals surface area contributed by atoms with Crippen LogP contribution in [0.5, 0.6) is 0 Å². The first-order valence-corrected chi connectivity index (χ1v) is 10.3. The number of nitrogens with one attached hydrogen (secondary N) is 1. The number of aromatic nitrogens is 2. The minimum absolute atomic E-state index is 0.255. The van der Waals surface area contributed by atoms with Gasteiger partial charge in [-0.2, -0.15) is 5.10 Å². The fourth-order valence-corrected chi connectivity index (χ4v) is 2.37. The molecule has 0 aromatic carbocycles. The number of carbonyl (C=O) groups is 1. The lowest BCUT2D eigenvalue weighted by Crippen LogP contribution is -2.21. The molecule has 0 aliphatic carbocycles. The van der Waals surface area contributed by atoms with Gasteiger partial charge < -0.3 is 9.47 Å². The van der Waals surface area contributed by atoms with Crippen molar-refractivity contribution in [1.82, 2.24) is 10.2 Å². The van der Waals surface area contributed by atoms with Gasteiger partial charge in [-0.1, -0.05) is 35.6 Å². The van der Waals surface area contributed by atoms with Crippen molar-refractivity contribution in [1.29, 1.82) is 0 Å². The first kappa shape index (κ1) is 15.4. The topological polar surface area (TPSA) is 64.2 Å². The van der Waals surface area contributed by atoms with Crippen LogP contribution in [0.4, 0.5) is 0 Å². The minimum Gasteiger partial charge on any atom is -0.464 e. The van der Waals surface area contributed by atoms with E-state index in [1.807, 2.05) is 0 Å². The molecule has 1 rings (SSSR count). The highest BCUT2D eigenvalue weighted by Crippen LogP contribution is 2.24. The predicted molar refractivity (Wildman–Crippen MR) is 75.7 cm³/mol. The van der Waals surface area contributed by atoms with Crippen LogP contribution < -0.4 is 0 Å². The van der Waals surface area contributed by atoms with Crippen LogP contribution in [0.3, 0.4) is 0 Å². The van der Waals surface area contributed by atoms with Gasteiger partial charge in [-0.25, -0.2) is 4.79 Å². The third-order valence-corrected chi connectivity index (χ3v) is 4.81. The Hall–Kier alpha value is -0.663. The Labute approximate surface area is 116 Å². The van der Waals surface area contributed by atoms with E-state index in [0.717, 1.165) is 6.04 Å². The number of methoxy groups -OCH3 is 1. The average Bonchev–Trinajstić information content (AvgIpc) is 2.75. The van der Waals surface area contributed by atoms with Gasteiger partial charge in [0, 0.05) is 14.7 Å². The molecular weight excluding hydrogens is 316 g/mol. The number of halogens is 1. The largest absolute Gasteiger partial charge is 0.464 e. The quantitative estimate of drug-likeness (QED) is 0.493. The van der Waals surface area contributed by atoms with Crippen molar-refractivity contribution in [3.63, 3.8) is 0 Å². The first-order valence-electron chi connectivity index (χ1n) is 5.73. The normalized spacial score (nSPS) is 13.4. The first-order chi connectivity index (χ1) is 8.33. The smallest absolute Gasteiger partial charge is 0.358 e. The zero-order chi connectivity index (χ0) is 13.8. The maximum atomic E-state index is 11.2. The van der Waals surface area contributed by atoms with Crippen LogP contribution in [-0.4, -0.2) is 38.0 Å². The molecule has 1 aromatic heterocycles. The van der Waals surface area contributed by atoms with E-state index in [4.69, 9.17) is 4.74 Å². The number of alkyl halides is 1. The van der Waals surface area contributed by atoms with Gasteiger partial charge in [-0.3, -0.25) is 5.10 Å². The molecule has 1 N–H and O–H groups in total. The highest BCUT2D eigenvalue weighted by Gasteiger charge is 2.17. The van der Waals surface area contributed by atoms with E-state index in [2.05, 4.69) is 50.5 Å². The highest BCUT2D eigenvalue weighted by molar-refractivity contribution is 9.09. The van der Waals surface area contributed by atoms with E-state index in [1.165, 1.54) is 7.11 Å². The van der Waals surface area contributed by atoms with E-state index in [0.29, 0.717) is 12.3 Å². The van der Waals surface area contributed by atoms with Gasteiger partial charge in [-0.05, 0) is 12.1 Å². The summed E-state index contributed by atoms with van der Waals surface area (Å²) in [7, 11) is 0.237.